The van der Waals surface area contributed by atoms with E-state index < -0.39 is 0 Å². The highest BCUT2D eigenvalue weighted by Gasteiger charge is 2.24. The van der Waals surface area contributed by atoms with Gasteiger partial charge in [-0.15, -0.1) is 0 Å². The molecule has 0 aromatic carbocycles. The lowest BCUT2D eigenvalue weighted by Gasteiger charge is -2.23. The van der Waals surface area contributed by atoms with E-state index in [1.165, 1.54) is 32.1 Å². The molecule has 50 valence electrons. The van der Waals surface area contributed by atoms with Crippen LogP contribution in [0.15, 0.2) is 12.2 Å². The lowest BCUT2D eigenvalue weighted by molar-refractivity contribution is 0.304. The van der Waals surface area contributed by atoms with Crippen LogP contribution in [0.25, 0.3) is 0 Å². The highest BCUT2D eigenvalue weighted by atomic mass is 14.3. The lowest BCUT2D eigenvalue weighted by Crippen LogP contribution is -2.12. The molecular weight excluding hydrogens is 108 g/mol. The van der Waals surface area contributed by atoms with Crippen LogP contribution in [0.1, 0.15) is 32.1 Å². The van der Waals surface area contributed by atoms with Crippen LogP contribution in [0.3, 0.4) is 0 Å². The molecule has 0 heteroatoms. The Kier molecular flexibility index (Phi) is 1.33. The Bertz CT molecular complexity index is 124. The number of fused-ring (bicyclic) bond motifs is 1. The predicted molar refractivity (Wildman–Crippen MR) is 39.2 cm³/mol. The van der Waals surface area contributed by atoms with E-state index in [-0.39, 0.29) is 0 Å². The lowest BCUT2D eigenvalue weighted by atomic mass is 9.82. The third-order valence-electron chi connectivity index (χ3n) is 2.79. The van der Waals surface area contributed by atoms with Crippen molar-refractivity contribution in [2.45, 2.75) is 32.1 Å². The number of hydrogen-bond donors (Lipinski definition) is 0. The van der Waals surface area contributed by atoms with E-state index >= 15 is 0 Å². The second-order valence-electron chi connectivity index (χ2n) is 3.37. The summed E-state index contributed by atoms with van der Waals surface area (Å²) >= 11 is 0. The summed E-state index contributed by atoms with van der Waals surface area (Å²) in [6.07, 6.45) is 12.1. The van der Waals surface area contributed by atoms with E-state index in [2.05, 4.69) is 12.2 Å². The van der Waals surface area contributed by atoms with E-state index in [4.69, 9.17) is 0 Å². The summed E-state index contributed by atoms with van der Waals surface area (Å²) in [5, 5.41) is 0. The number of rotatable bonds is 0. The molecule has 2 aliphatic rings. The van der Waals surface area contributed by atoms with E-state index in [1.54, 1.807) is 0 Å². The minimum atomic E-state index is 0.985. The Balaban J connectivity index is 2.03. The van der Waals surface area contributed by atoms with Gasteiger partial charge in [0.25, 0.3) is 0 Å². The van der Waals surface area contributed by atoms with Gasteiger partial charge in [0.05, 0.1) is 0 Å². The summed E-state index contributed by atoms with van der Waals surface area (Å²) in [5.74, 6) is 2.04. The van der Waals surface area contributed by atoms with Crippen molar-refractivity contribution in [3.05, 3.63) is 12.2 Å². The summed E-state index contributed by atoms with van der Waals surface area (Å²) < 4.78 is 0. The van der Waals surface area contributed by atoms with Gasteiger partial charge in [-0.3, -0.25) is 0 Å². The van der Waals surface area contributed by atoms with Crippen molar-refractivity contribution in [1.82, 2.24) is 0 Å². The summed E-state index contributed by atoms with van der Waals surface area (Å²) in [4.78, 5) is 0. The van der Waals surface area contributed by atoms with Gasteiger partial charge in [-0.05, 0) is 31.1 Å². The Morgan fingerprint density at radius 1 is 1.11 bits per heavy atom. The highest BCUT2D eigenvalue weighted by molar-refractivity contribution is 5.02. The summed E-state index contributed by atoms with van der Waals surface area (Å²) in [5.41, 5.74) is 0. The summed E-state index contributed by atoms with van der Waals surface area (Å²) in [7, 11) is 0. The molecule has 9 heavy (non-hydrogen) atoms. The molecule has 0 spiro atoms. The van der Waals surface area contributed by atoms with Gasteiger partial charge in [0.2, 0.25) is 0 Å². The van der Waals surface area contributed by atoms with Gasteiger partial charge in [-0.2, -0.15) is 0 Å². The minimum Gasteiger partial charge on any atom is -0.0880 e. The van der Waals surface area contributed by atoms with Gasteiger partial charge in [0, 0.05) is 0 Å². The molecule has 0 N–H and O–H groups in total. The van der Waals surface area contributed by atoms with Gasteiger partial charge in [0.15, 0.2) is 0 Å². The van der Waals surface area contributed by atoms with Crippen LogP contribution in [0.5, 0.6) is 0 Å². The third kappa shape index (κ3) is 0.910. The fraction of sp³-hybridized carbons (Fsp3) is 0.778. The van der Waals surface area contributed by atoms with Gasteiger partial charge < -0.3 is 0 Å². The first-order valence-electron chi connectivity index (χ1n) is 4.13. The van der Waals surface area contributed by atoms with E-state index in [1.807, 2.05) is 0 Å². The second kappa shape index (κ2) is 2.17. The first-order chi connectivity index (χ1) is 4.47. The first-order valence-corrected chi connectivity index (χ1v) is 4.13. The van der Waals surface area contributed by atoms with Gasteiger partial charge in [-0.1, -0.05) is 25.0 Å². The van der Waals surface area contributed by atoms with Crippen molar-refractivity contribution < 1.29 is 0 Å². The Morgan fingerprint density at radius 3 is 2.89 bits per heavy atom. The summed E-state index contributed by atoms with van der Waals surface area (Å²) in [6.45, 7) is 0. The smallest absolute Gasteiger partial charge is 0.0202 e. The average molecular weight is 122 g/mol. The molecule has 2 aliphatic carbocycles. The van der Waals surface area contributed by atoms with Crippen LogP contribution in [0, 0.1) is 11.8 Å². The van der Waals surface area contributed by atoms with Gasteiger partial charge >= 0.3 is 0 Å². The fourth-order valence-electron chi connectivity index (χ4n) is 2.21. The zero-order valence-corrected chi connectivity index (χ0v) is 5.84. The fourth-order valence-corrected chi connectivity index (χ4v) is 2.21. The molecule has 1 saturated carbocycles. The molecule has 0 amide bonds. The van der Waals surface area contributed by atoms with Crippen molar-refractivity contribution in [3.8, 4) is 0 Å². The molecule has 0 unspecified atom stereocenters. The van der Waals surface area contributed by atoms with Gasteiger partial charge in [-0.25, -0.2) is 0 Å². The quantitative estimate of drug-likeness (QED) is 0.433. The molecule has 0 radical (unpaired) electrons. The minimum absolute atomic E-state index is 0.985. The monoisotopic (exact) mass is 122 g/mol. The number of hydrogen-bond acceptors (Lipinski definition) is 0. The predicted octanol–water partition coefficient (Wildman–Crippen LogP) is 2.75. The molecule has 0 aromatic heterocycles. The van der Waals surface area contributed by atoms with Crippen LogP contribution in [-0.4, -0.2) is 0 Å². The van der Waals surface area contributed by atoms with Crippen LogP contribution in [0.2, 0.25) is 0 Å². The molecule has 2 rings (SSSR count). The van der Waals surface area contributed by atoms with Crippen LogP contribution in [-0.2, 0) is 0 Å². The van der Waals surface area contributed by atoms with E-state index in [9.17, 15) is 0 Å². The van der Waals surface area contributed by atoms with Crippen LogP contribution in [0.4, 0.5) is 0 Å². The van der Waals surface area contributed by atoms with Crippen LogP contribution < -0.4 is 0 Å². The maximum absolute atomic E-state index is 2.43. The van der Waals surface area contributed by atoms with Crippen LogP contribution >= 0.6 is 0 Å². The maximum atomic E-state index is 2.43. The molecule has 2 atom stereocenters. The van der Waals surface area contributed by atoms with Gasteiger partial charge in [0.1, 0.15) is 0 Å². The van der Waals surface area contributed by atoms with Crippen molar-refractivity contribution in [3.63, 3.8) is 0 Å². The molecule has 0 nitrogen and oxygen atoms in total. The first kappa shape index (κ1) is 5.52. The molecule has 0 saturated heterocycles. The molecule has 0 bridgehead atoms. The molecule has 0 heterocycles. The zero-order valence-electron chi connectivity index (χ0n) is 5.84. The average Bonchev–Trinajstić information content (AvgIpc) is 2.33. The zero-order chi connectivity index (χ0) is 6.10. The van der Waals surface area contributed by atoms with E-state index in [0.717, 1.165) is 11.8 Å². The Hall–Kier alpha value is -0.260. The molecular formula is C9H14. The molecule has 0 aliphatic heterocycles. The van der Waals surface area contributed by atoms with Crippen molar-refractivity contribution in [2.75, 3.05) is 0 Å². The Labute approximate surface area is 57.0 Å². The van der Waals surface area contributed by atoms with Crippen molar-refractivity contribution in [1.29, 1.82) is 0 Å². The topological polar surface area (TPSA) is 0 Å². The SMILES string of the molecule is C1=C[C@H]2CCCC[C@H]2C1. The summed E-state index contributed by atoms with van der Waals surface area (Å²) in [6, 6.07) is 0. The highest BCUT2D eigenvalue weighted by Crippen LogP contribution is 2.37. The normalized spacial score (nSPS) is 40.9. The standard InChI is InChI=1S/C9H14/c1-2-5-9-7-3-6-8(9)4-1/h3,6,8-9H,1-2,4-5,7H2/t8-,9+/m1/s1. The molecule has 0 aromatic rings. The Morgan fingerprint density at radius 2 is 2.00 bits per heavy atom. The van der Waals surface area contributed by atoms with Crippen molar-refractivity contribution >= 4 is 0 Å². The maximum Gasteiger partial charge on any atom is -0.0202 e. The molecule has 1 fully saturated rings. The van der Waals surface area contributed by atoms with Crippen molar-refractivity contribution in [2.24, 2.45) is 11.8 Å². The van der Waals surface area contributed by atoms with E-state index in [0.29, 0.717) is 0 Å². The third-order valence-corrected chi connectivity index (χ3v) is 2.79. The second-order valence-corrected chi connectivity index (χ2v) is 3.37. The largest absolute Gasteiger partial charge is 0.0880 e. The number of allylic oxidation sites excluding steroid dienone is 2.